The van der Waals surface area contributed by atoms with Crippen LogP contribution < -0.4 is 10.1 Å². The molecule has 0 aliphatic carbocycles. The minimum absolute atomic E-state index is 0.0171. The first-order chi connectivity index (χ1) is 15.5. The number of hydrogen-bond acceptors (Lipinski definition) is 7. The second-order valence-corrected chi connectivity index (χ2v) is 8.37. The summed E-state index contributed by atoms with van der Waals surface area (Å²) >= 11 is 1.46. The molecule has 0 radical (unpaired) electrons. The van der Waals surface area contributed by atoms with E-state index in [0.717, 1.165) is 40.6 Å². The average molecular weight is 451 g/mol. The van der Waals surface area contributed by atoms with Gasteiger partial charge in [-0.1, -0.05) is 12.1 Å². The van der Waals surface area contributed by atoms with E-state index in [2.05, 4.69) is 20.3 Å². The predicted molar refractivity (Wildman–Crippen MR) is 124 cm³/mol. The lowest BCUT2D eigenvalue weighted by molar-refractivity contribution is 0.0977. The van der Waals surface area contributed by atoms with Gasteiger partial charge in [-0.25, -0.2) is 14.4 Å². The smallest absolute Gasteiger partial charge is 0.224 e. The van der Waals surface area contributed by atoms with Crippen molar-refractivity contribution in [2.24, 2.45) is 0 Å². The summed E-state index contributed by atoms with van der Waals surface area (Å²) in [5.41, 5.74) is 2.97. The second-order valence-electron chi connectivity index (χ2n) is 7.46. The van der Waals surface area contributed by atoms with Gasteiger partial charge in [0, 0.05) is 12.6 Å². The number of thiophene rings is 1. The molecule has 3 heterocycles. The summed E-state index contributed by atoms with van der Waals surface area (Å²) in [4.78, 5) is 25.9. The highest BCUT2D eigenvalue weighted by Gasteiger charge is 2.17. The predicted octanol–water partition coefficient (Wildman–Crippen LogP) is 5.61. The van der Waals surface area contributed by atoms with Crippen molar-refractivity contribution in [2.75, 3.05) is 12.4 Å². The Labute approximate surface area is 189 Å². The van der Waals surface area contributed by atoms with Crippen LogP contribution in [-0.4, -0.2) is 27.8 Å². The zero-order chi connectivity index (χ0) is 22.5. The van der Waals surface area contributed by atoms with Crippen molar-refractivity contribution in [1.29, 1.82) is 0 Å². The molecule has 0 aliphatic rings. The Morgan fingerprint density at radius 2 is 2.00 bits per heavy atom. The molecule has 8 heteroatoms. The molecular formula is C24H23FN4O2S. The van der Waals surface area contributed by atoms with E-state index in [0.29, 0.717) is 23.6 Å². The number of aromatic nitrogens is 3. The van der Waals surface area contributed by atoms with Gasteiger partial charge < -0.3 is 10.1 Å². The van der Waals surface area contributed by atoms with Gasteiger partial charge in [0.2, 0.25) is 5.95 Å². The Morgan fingerprint density at radius 1 is 1.19 bits per heavy atom. The maximum Gasteiger partial charge on any atom is 0.224 e. The van der Waals surface area contributed by atoms with Crippen molar-refractivity contribution >= 4 is 33.3 Å². The minimum Gasteiger partial charge on any atom is -0.497 e. The van der Waals surface area contributed by atoms with Crippen LogP contribution in [-0.2, 0) is 6.42 Å². The van der Waals surface area contributed by atoms with E-state index in [4.69, 9.17) is 4.74 Å². The monoisotopic (exact) mass is 450 g/mol. The van der Waals surface area contributed by atoms with Crippen molar-refractivity contribution in [2.45, 2.75) is 32.2 Å². The normalized spacial score (nSPS) is 12.0. The Bertz CT molecular complexity index is 1230. The number of Topliss-reactive ketones (excluding diaryl/α,β-unsaturated/α-hetero) is 1. The molecule has 1 atom stereocenters. The molecule has 3 aromatic heterocycles. The molecular weight excluding hydrogens is 427 g/mol. The Morgan fingerprint density at radius 3 is 2.75 bits per heavy atom. The standard InChI is InChI=1S/C24H23FN4O2S/c1-15(17-12-18(25)14-26-13-17)27-24-28-20-10-11-32-23(20)22(29-24)21(30)5-3-4-16-6-8-19(31-2)9-7-16/h6-15H,3-5H2,1-2H3,(H,27,28,29)/t15-/m0/s1. The average Bonchev–Trinajstić information content (AvgIpc) is 3.27. The van der Waals surface area contributed by atoms with Gasteiger partial charge >= 0.3 is 0 Å². The van der Waals surface area contributed by atoms with Crippen LogP contribution >= 0.6 is 11.3 Å². The van der Waals surface area contributed by atoms with Gasteiger partial charge in [-0.3, -0.25) is 9.78 Å². The fourth-order valence-corrected chi connectivity index (χ4v) is 4.26. The van der Waals surface area contributed by atoms with Crippen LogP contribution in [0.2, 0.25) is 0 Å². The van der Waals surface area contributed by atoms with Crippen LogP contribution in [0.3, 0.4) is 0 Å². The van der Waals surface area contributed by atoms with E-state index in [-0.39, 0.29) is 11.8 Å². The van der Waals surface area contributed by atoms with E-state index in [9.17, 15) is 9.18 Å². The molecule has 0 unspecified atom stereocenters. The van der Waals surface area contributed by atoms with Gasteiger partial charge in [-0.05, 0) is 60.5 Å². The van der Waals surface area contributed by atoms with E-state index in [1.807, 2.05) is 42.6 Å². The molecule has 4 rings (SSSR count). The van der Waals surface area contributed by atoms with Crippen LogP contribution in [0.5, 0.6) is 5.75 Å². The van der Waals surface area contributed by atoms with Gasteiger partial charge in [0.1, 0.15) is 17.3 Å². The molecule has 0 bridgehead atoms. The van der Waals surface area contributed by atoms with Gasteiger partial charge in [-0.2, -0.15) is 0 Å². The number of carbonyl (C=O) groups excluding carboxylic acids is 1. The number of carbonyl (C=O) groups is 1. The second kappa shape index (κ2) is 9.82. The number of benzene rings is 1. The van der Waals surface area contributed by atoms with Gasteiger partial charge in [-0.15, -0.1) is 11.3 Å². The van der Waals surface area contributed by atoms with Gasteiger partial charge in [0.25, 0.3) is 0 Å². The number of aryl methyl sites for hydroxylation is 1. The van der Waals surface area contributed by atoms with Gasteiger partial charge in [0.05, 0.1) is 29.6 Å². The first-order valence-electron chi connectivity index (χ1n) is 10.3. The summed E-state index contributed by atoms with van der Waals surface area (Å²) in [7, 11) is 1.64. The third-order valence-electron chi connectivity index (χ3n) is 5.17. The van der Waals surface area contributed by atoms with Crippen LogP contribution in [0.15, 0.2) is 54.2 Å². The lowest BCUT2D eigenvalue weighted by Crippen LogP contribution is -2.12. The molecule has 32 heavy (non-hydrogen) atoms. The first-order valence-corrected chi connectivity index (χ1v) is 11.2. The highest BCUT2D eigenvalue weighted by Crippen LogP contribution is 2.27. The van der Waals surface area contributed by atoms with Crippen LogP contribution in [0.4, 0.5) is 10.3 Å². The number of methoxy groups -OCH3 is 1. The zero-order valence-electron chi connectivity index (χ0n) is 17.8. The van der Waals surface area contributed by atoms with E-state index in [1.165, 1.54) is 17.4 Å². The summed E-state index contributed by atoms with van der Waals surface area (Å²) in [6, 6.07) is 10.9. The number of hydrogen-bond donors (Lipinski definition) is 1. The maximum absolute atomic E-state index is 13.5. The molecule has 0 saturated carbocycles. The Hall–Kier alpha value is -3.39. The summed E-state index contributed by atoms with van der Waals surface area (Å²) in [6.07, 6.45) is 4.65. The number of halogens is 1. The van der Waals surface area contributed by atoms with E-state index < -0.39 is 5.82 Å². The highest BCUT2D eigenvalue weighted by molar-refractivity contribution is 7.17. The molecule has 4 aromatic rings. The summed E-state index contributed by atoms with van der Waals surface area (Å²) in [5.74, 6) is 0.731. The third kappa shape index (κ3) is 5.08. The topological polar surface area (TPSA) is 77.0 Å². The molecule has 1 N–H and O–H groups in total. The van der Waals surface area contributed by atoms with Crippen molar-refractivity contribution < 1.29 is 13.9 Å². The number of nitrogens with zero attached hydrogens (tertiary/aromatic N) is 3. The SMILES string of the molecule is COc1ccc(CCCC(=O)c2nc(N[C@@H](C)c3cncc(F)c3)nc3ccsc23)cc1. The zero-order valence-corrected chi connectivity index (χ0v) is 18.7. The molecule has 0 aliphatic heterocycles. The fraction of sp³-hybridized carbons (Fsp3) is 0.250. The van der Waals surface area contributed by atoms with Crippen molar-refractivity contribution in [3.05, 3.63) is 76.8 Å². The number of rotatable bonds is 9. The van der Waals surface area contributed by atoms with Crippen LogP contribution in [0, 0.1) is 5.82 Å². The largest absolute Gasteiger partial charge is 0.497 e. The first kappa shape index (κ1) is 21.8. The number of pyridine rings is 1. The summed E-state index contributed by atoms with van der Waals surface area (Å²) < 4.78 is 19.5. The molecule has 0 fully saturated rings. The van der Waals surface area contributed by atoms with Crippen molar-refractivity contribution in [3.8, 4) is 5.75 Å². The quantitative estimate of drug-likeness (QED) is 0.334. The van der Waals surface area contributed by atoms with E-state index in [1.54, 1.807) is 13.3 Å². The fourth-order valence-electron chi connectivity index (χ4n) is 3.42. The molecule has 1 aromatic carbocycles. The van der Waals surface area contributed by atoms with Crippen LogP contribution in [0.1, 0.15) is 47.4 Å². The number of fused-ring (bicyclic) bond motifs is 1. The number of anilines is 1. The molecule has 0 spiro atoms. The Balaban J connectivity index is 1.47. The molecule has 164 valence electrons. The minimum atomic E-state index is -0.405. The molecule has 6 nitrogen and oxygen atoms in total. The Kier molecular flexibility index (Phi) is 6.70. The number of nitrogens with one attached hydrogen (secondary N) is 1. The summed E-state index contributed by atoms with van der Waals surface area (Å²) in [5, 5.41) is 5.07. The maximum atomic E-state index is 13.5. The van der Waals surface area contributed by atoms with Gasteiger partial charge in [0.15, 0.2) is 5.78 Å². The van der Waals surface area contributed by atoms with E-state index >= 15 is 0 Å². The van der Waals surface area contributed by atoms with Crippen molar-refractivity contribution in [3.63, 3.8) is 0 Å². The number of ether oxygens (including phenoxy) is 1. The third-order valence-corrected chi connectivity index (χ3v) is 6.08. The highest BCUT2D eigenvalue weighted by atomic mass is 32.1. The summed E-state index contributed by atoms with van der Waals surface area (Å²) in [6.45, 7) is 1.87. The van der Waals surface area contributed by atoms with Crippen LogP contribution in [0.25, 0.3) is 10.2 Å². The van der Waals surface area contributed by atoms with Crippen molar-refractivity contribution in [1.82, 2.24) is 15.0 Å². The lowest BCUT2D eigenvalue weighted by Gasteiger charge is -2.14. The molecule has 0 saturated heterocycles. The lowest BCUT2D eigenvalue weighted by atomic mass is 10.0. The number of ketones is 1. The molecule has 0 amide bonds.